The maximum Gasteiger partial charge on any atom is 0.254 e. The molecule has 2 aliphatic heterocycles. The second-order valence-electron chi connectivity index (χ2n) is 8.01. The van der Waals surface area contributed by atoms with E-state index in [9.17, 15) is 14.4 Å². The van der Waals surface area contributed by atoms with Gasteiger partial charge in [0.05, 0.1) is 12.0 Å². The fraction of sp³-hybridized carbons (Fsp3) is 0.348. The Hall–Kier alpha value is -2.86. The van der Waals surface area contributed by atoms with Crippen molar-refractivity contribution in [1.29, 1.82) is 0 Å². The van der Waals surface area contributed by atoms with Crippen LogP contribution in [0.4, 0.5) is 5.69 Å². The minimum Gasteiger partial charge on any atom is -0.343 e. The number of hydrogen-bond donors (Lipinski definition) is 1. The van der Waals surface area contributed by atoms with E-state index in [-0.39, 0.29) is 24.1 Å². The number of likely N-dealkylation sites (tertiary alicyclic amines) is 1. The van der Waals surface area contributed by atoms with Gasteiger partial charge in [-0.25, -0.2) is 0 Å². The van der Waals surface area contributed by atoms with Crippen molar-refractivity contribution in [3.8, 4) is 0 Å². The molecule has 30 heavy (non-hydrogen) atoms. The lowest BCUT2D eigenvalue weighted by Gasteiger charge is -2.47. The first-order valence-corrected chi connectivity index (χ1v) is 10.5. The maximum absolute atomic E-state index is 13.2. The molecule has 1 N–H and O–H groups in total. The van der Waals surface area contributed by atoms with Gasteiger partial charge >= 0.3 is 0 Å². The molecule has 1 saturated heterocycles. The van der Waals surface area contributed by atoms with Crippen LogP contribution in [-0.4, -0.2) is 46.1 Å². The number of carbonyl (C=O) groups is 3. The van der Waals surface area contributed by atoms with Crippen molar-refractivity contribution in [2.24, 2.45) is 0 Å². The second kappa shape index (κ2) is 8.11. The van der Waals surface area contributed by atoms with Gasteiger partial charge in [-0.15, -0.1) is 0 Å². The zero-order valence-electron chi connectivity index (χ0n) is 16.9. The number of rotatable bonds is 4. The summed E-state index contributed by atoms with van der Waals surface area (Å²) < 4.78 is 0. The van der Waals surface area contributed by atoms with Crippen LogP contribution in [0.5, 0.6) is 0 Å². The first-order valence-electron chi connectivity index (χ1n) is 10.1. The molecule has 3 amide bonds. The van der Waals surface area contributed by atoms with Crippen molar-refractivity contribution in [3.63, 3.8) is 0 Å². The average molecular weight is 426 g/mol. The first kappa shape index (κ1) is 20.4. The summed E-state index contributed by atoms with van der Waals surface area (Å²) >= 11 is 5.92. The van der Waals surface area contributed by atoms with Gasteiger partial charge in [0.2, 0.25) is 11.8 Å². The number of nitrogens with one attached hydrogen (secondary N) is 1. The van der Waals surface area contributed by atoms with Crippen molar-refractivity contribution in [2.45, 2.75) is 38.3 Å². The van der Waals surface area contributed by atoms with Crippen molar-refractivity contribution in [2.75, 3.05) is 18.4 Å². The summed E-state index contributed by atoms with van der Waals surface area (Å²) in [6.07, 6.45) is 1.32. The Morgan fingerprint density at radius 2 is 1.73 bits per heavy atom. The highest BCUT2D eigenvalue weighted by molar-refractivity contribution is 6.30. The molecule has 0 atom stereocenters. The van der Waals surface area contributed by atoms with Crippen LogP contribution in [0, 0.1) is 0 Å². The van der Waals surface area contributed by atoms with Gasteiger partial charge in [-0.1, -0.05) is 29.8 Å². The molecule has 2 aromatic carbocycles. The van der Waals surface area contributed by atoms with Gasteiger partial charge in [-0.2, -0.15) is 0 Å². The van der Waals surface area contributed by atoms with Crippen molar-refractivity contribution in [1.82, 2.24) is 9.80 Å². The molecule has 1 fully saturated rings. The molecule has 0 aliphatic carbocycles. The van der Waals surface area contributed by atoms with E-state index in [1.807, 2.05) is 29.2 Å². The average Bonchev–Trinajstić information content (AvgIpc) is 3.07. The lowest BCUT2D eigenvalue weighted by atomic mass is 9.82. The molecule has 0 radical (unpaired) electrons. The van der Waals surface area contributed by atoms with Gasteiger partial charge < -0.3 is 15.1 Å². The normalized spacial score (nSPS) is 17.6. The molecule has 0 saturated carbocycles. The Labute approximate surface area is 180 Å². The van der Waals surface area contributed by atoms with Crippen LogP contribution in [0.2, 0.25) is 5.02 Å². The highest BCUT2D eigenvalue weighted by atomic mass is 35.5. The Bertz CT molecular complexity index is 981. The molecular formula is C23H24ClN3O3. The SMILES string of the molecule is CC(=O)N1CCC(CC(=O)Nc2ccc(Cl)cc2)(N2Cc3ccccc3C2=O)CC1. The number of halogens is 1. The van der Waals surface area contributed by atoms with Crippen LogP contribution < -0.4 is 5.32 Å². The van der Waals surface area contributed by atoms with Crippen LogP contribution in [0.3, 0.4) is 0 Å². The van der Waals surface area contributed by atoms with E-state index < -0.39 is 5.54 Å². The van der Waals surface area contributed by atoms with E-state index in [0.29, 0.717) is 48.7 Å². The molecular weight excluding hydrogens is 402 g/mol. The third-order valence-corrected chi connectivity index (χ3v) is 6.40. The lowest BCUT2D eigenvalue weighted by Crippen LogP contribution is -2.57. The standard InChI is InChI=1S/C23H24ClN3O3/c1-16(28)26-12-10-23(11-13-26,14-21(29)25-19-8-6-18(24)7-9-19)27-15-17-4-2-3-5-20(17)22(27)30/h2-9H,10-15H2,1H3,(H,25,29). The molecule has 7 heteroatoms. The minimum absolute atomic E-state index is 0.0188. The Morgan fingerprint density at radius 3 is 2.37 bits per heavy atom. The minimum atomic E-state index is -0.626. The Morgan fingerprint density at radius 1 is 1.07 bits per heavy atom. The summed E-state index contributed by atoms with van der Waals surface area (Å²) in [7, 11) is 0. The van der Waals surface area contributed by atoms with Crippen LogP contribution in [0.1, 0.15) is 42.1 Å². The van der Waals surface area contributed by atoms with E-state index >= 15 is 0 Å². The molecule has 2 aliphatic rings. The van der Waals surface area contributed by atoms with Crippen LogP contribution in [0.15, 0.2) is 48.5 Å². The molecule has 2 aromatic rings. The highest BCUT2D eigenvalue weighted by Crippen LogP contribution is 2.38. The summed E-state index contributed by atoms with van der Waals surface area (Å²) in [5.74, 6) is -0.177. The smallest absolute Gasteiger partial charge is 0.254 e. The quantitative estimate of drug-likeness (QED) is 0.811. The van der Waals surface area contributed by atoms with Crippen molar-refractivity contribution in [3.05, 3.63) is 64.7 Å². The molecule has 0 aromatic heterocycles. The molecule has 0 bridgehead atoms. The zero-order chi connectivity index (χ0) is 21.3. The fourth-order valence-electron chi connectivity index (χ4n) is 4.45. The molecule has 0 spiro atoms. The van der Waals surface area contributed by atoms with Gasteiger partial charge in [-0.3, -0.25) is 14.4 Å². The number of hydrogen-bond acceptors (Lipinski definition) is 3. The van der Waals surface area contributed by atoms with Crippen molar-refractivity contribution >= 4 is 35.0 Å². The van der Waals surface area contributed by atoms with E-state index in [1.165, 1.54) is 0 Å². The molecule has 4 rings (SSSR count). The summed E-state index contributed by atoms with van der Waals surface area (Å²) in [6.45, 7) is 3.10. The number of fused-ring (bicyclic) bond motifs is 1. The van der Waals surface area contributed by atoms with E-state index in [0.717, 1.165) is 5.56 Å². The monoisotopic (exact) mass is 425 g/mol. The van der Waals surface area contributed by atoms with Gasteiger partial charge in [0.25, 0.3) is 5.91 Å². The van der Waals surface area contributed by atoms with E-state index in [4.69, 9.17) is 11.6 Å². The zero-order valence-corrected chi connectivity index (χ0v) is 17.6. The topological polar surface area (TPSA) is 69.7 Å². The first-order chi connectivity index (χ1) is 14.4. The third-order valence-electron chi connectivity index (χ3n) is 6.15. The number of amides is 3. The second-order valence-corrected chi connectivity index (χ2v) is 8.45. The highest BCUT2D eigenvalue weighted by Gasteiger charge is 2.47. The Balaban J connectivity index is 1.57. The summed E-state index contributed by atoms with van der Waals surface area (Å²) in [5.41, 5.74) is 1.72. The van der Waals surface area contributed by atoms with E-state index in [1.54, 1.807) is 36.1 Å². The predicted molar refractivity (Wildman–Crippen MR) is 115 cm³/mol. The van der Waals surface area contributed by atoms with Gasteiger partial charge in [0, 0.05) is 42.8 Å². The maximum atomic E-state index is 13.2. The molecule has 2 heterocycles. The number of piperidine rings is 1. The van der Waals surface area contributed by atoms with Gasteiger partial charge in [-0.05, 0) is 48.7 Å². The number of nitrogens with zero attached hydrogens (tertiary/aromatic N) is 2. The third kappa shape index (κ3) is 3.92. The van der Waals surface area contributed by atoms with Gasteiger partial charge in [0.1, 0.15) is 0 Å². The predicted octanol–water partition coefficient (Wildman–Crippen LogP) is 3.71. The largest absolute Gasteiger partial charge is 0.343 e. The number of benzene rings is 2. The van der Waals surface area contributed by atoms with E-state index in [2.05, 4.69) is 5.32 Å². The van der Waals surface area contributed by atoms with Crippen LogP contribution >= 0.6 is 11.6 Å². The van der Waals surface area contributed by atoms with Crippen molar-refractivity contribution < 1.29 is 14.4 Å². The van der Waals surface area contributed by atoms with Gasteiger partial charge in [0.15, 0.2) is 0 Å². The van der Waals surface area contributed by atoms with Crippen LogP contribution in [-0.2, 0) is 16.1 Å². The summed E-state index contributed by atoms with van der Waals surface area (Å²) in [4.78, 5) is 41.6. The van der Waals surface area contributed by atoms with Crippen LogP contribution in [0.25, 0.3) is 0 Å². The summed E-state index contributed by atoms with van der Waals surface area (Å²) in [6, 6.07) is 14.5. The number of anilines is 1. The summed E-state index contributed by atoms with van der Waals surface area (Å²) in [5, 5.41) is 3.52. The molecule has 6 nitrogen and oxygen atoms in total. The number of carbonyl (C=O) groups excluding carboxylic acids is 3. The fourth-order valence-corrected chi connectivity index (χ4v) is 4.58. The lowest BCUT2D eigenvalue weighted by molar-refractivity contribution is -0.131. The Kier molecular flexibility index (Phi) is 5.52. The molecule has 0 unspecified atom stereocenters. The molecule has 156 valence electrons.